The van der Waals surface area contributed by atoms with Crippen LogP contribution in [0.1, 0.15) is 46.6 Å². The number of carbonyl (C=O) groups excluding carboxylic acids is 1. The van der Waals surface area contributed by atoms with Crippen molar-refractivity contribution in [2.75, 3.05) is 6.61 Å². The van der Waals surface area contributed by atoms with E-state index in [4.69, 9.17) is 4.74 Å². The fourth-order valence-corrected chi connectivity index (χ4v) is 3.60. The van der Waals surface area contributed by atoms with Crippen LogP contribution in [0.15, 0.2) is 58.1 Å². The van der Waals surface area contributed by atoms with Gasteiger partial charge in [0.2, 0.25) is 5.91 Å². The monoisotopic (exact) mass is 423 g/mol. The first kappa shape index (κ1) is 22.3. The van der Waals surface area contributed by atoms with Crippen molar-refractivity contribution in [1.82, 2.24) is 14.5 Å². The number of aromatic nitrogens is 2. The molecule has 0 bridgehead atoms. The maximum Gasteiger partial charge on any atom is 0.336 e. The minimum atomic E-state index is -0.735. The average molecular weight is 424 g/mol. The third kappa shape index (κ3) is 4.40. The van der Waals surface area contributed by atoms with E-state index in [2.05, 4.69) is 5.32 Å². The lowest BCUT2D eigenvalue weighted by Crippen LogP contribution is -2.45. The predicted molar refractivity (Wildman–Crippen MR) is 122 cm³/mol. The number of ether oxygens (including phenoxy) is 1. The summed E-state index contributed by atoms with van der Waals surface area (Å²) in [6, 6.07) is 12.9. The van der Waals surface area contributed by atoms with E-state index >= 15 is 0 Å². The highest BCUT2D eigenvalue weighted by Gasteiger charge is 2.25. The normalized spacial score (nSPS) is 13.0. The van der Waals surface area contributed by atoms with E-state index in [0.717, 1.165) is 11.0 Å². The number of nitrogens with one attached hydrogen (secondary N) is 1. The fourth-order valence-electron chi connectivity index (χ4n) is 3.60. The summed E-state index contributed by atoms with van der Waals surface area (Å²) >= 11 is 0. The number of para-hydroxylation sites is 1. The Morgan fingerprint density at radius 1 is 1.00 bits per heavy atom. The first-order valence-electron chi connectivity index (χ1n) is 10.7. The SMILES string of the molecule is CCOc1ccc(-n2c(=O)c3ccccc3n([C@H](CC)C(=O)N[C@H](C)CC)c2=O)cc1. The van der Waals surface area contributed by atoms with Crippen LogP contribution in [0.5, 0.6) is 5.75 Å². The molecule has 0 aliphatic heterocycles. The van der Waals surface area contributed by atoms with Crippen molar-refractivity contribution < 1.29 is 9.53 Å². The molecule has 7 nitrogen and oxygen atoms in total. The van der Waals surface area contributed by atoms with Crippen LogP contribution in [0.4, 0.5) is 0 Å². The molecule has 1 heterocycles. The van der Waals surface area contributed by atoms with Crippen LogP contribution in [0.3, 0.4) is 0 Å². The largest absolute Gasteiger partial charge is 0.494 e. The standard InChI is InChI=1S/C24H29N3O4/c1-5-16(4)25-22(28)20(6-2)27-21-11-9-8-10-19(21)23(29)26(24(27)30)17-12-14-18(15-13-17)31-7-3/h8-16,20H,5-7H2,1-4H3,(H,25,28)/t16-,20-/m1/s1. The number of fused-ring (bicyclic) bond motifs is 1. The minimum absolute atomic E-state index is 0.0134. The fraction of sp³-hybridized carbons (Fsp3) is 0.375. The van der Waals surface area contributed by atoms with Gasteiger partial charge in [0.25, 0.3) is 5.56 Å². The highest BCUT2D eigenvalue weighted by atomic mass is 16.5. The second kappa shape index (κ2) is 9.64. The predicted octanol–water partition coefficient (Wildman–Crippen LogP) is 3.42. The molecule has 0 spiro atoms. The number of hydrogen-bond donors (Lipinski definition) is 1. The van der Waals surface area contributed by atoms with E-state index in [1.807, 2.05) is 27.7 Å². The lowest BCUT2D eigenvalue weighted by Gasteiger charge is -2.23. The summed E-state index contributed by atoms with van der Waals surface area (Å²) in [5.41, 5.74) is -0.0850. The molecule has 1 N–H and O–H groups in total. The topological polar surface area (TPSA) is 82.3 Å². The summed E-state index contributed by atoms with van der Waals surface area (Å²) in [5, 5.41) is 3.34. The quantitative estimate of drug-likeness (QED) is 0.602. The lowest BCUT2D eigenvalue weighted by atomic mass is 10.1. The van der Waals surface area contributed by atoms with Crippen LogP contribution in [0.2, 0.25) is 0 Å². The molecule has 1 aromatic heterocycles. The summed E-state index contributed by atoms with van der Waals surface area (Å²) in [7, 11) is 0. The molecule has 0 unspecified atom stereocenters. The Bertz CT molecular complexity index is 1180. The number of hydrogen-bond acceptors (Lipinski definition) is 4. The van der Waals surface area contributed by atoms with Crippen LogP contribution in [0, 0.1) is 0 Å². The van der Waals surface area contributed by atoms with Crippen molar-refractivity contribution in [2.24, 2.45) is 0 Å². The lowest BCUT2D eigenvalue weighted by molar-refractivity contribution is -0.125. The smallest absolute Gasteiger partial charge is 0.336 e. The van der Waals surface area contributed by atoms with Crippen molar-refractivity contribution in [1.29, 1.82) is 0 Å². The van der Waals surface area contributed by atoms with Crippen LogP contribution < -0.4 is 21.3 Å². The van der Waals surface area contributed by atoms with Crippen LogP contribution in [-0.2, 0) is 4.79 Å². The van der Waals surface area contributed by atoms with E-state index in [0.29, 0.717) is 35.4 Å². The van der Waals surface area contributed by atoms with Gasteiger partial charge in [-0.3, -0.25) is 14.2 Å². The molecule has 7 heteroatoms. The molecule has 0 saturated heterocycles. The van der Waals surface area contributed by atoms with Gasteiger partial charge in [0.15, 0.2) is 0 Å². The van der Waals surface area contributed by atoms with E-state index in [-0.39, 0.29) is 11.9 Å². The van der Waals surface area contributed by atoms with Gasteiger partial charge in [-0.2, -0.15) is 0 Å². The van der Waals surface area contributed by atoms with E-state index < -0.39 is 17.3 Å². The molecule has 0 aliphatic carbocycles. The van der Waals surface area contributed by atoms with Crippen molar-refractivity contribution in [3.8, 4) is 11.4 Å². The van der Waals surface area contributed by atoms with Gasteiger partial charge in [0, 0.05) is 6.04 Å². The molecular weight excluding hydrogens is 394 g/mol. The molecule has 0 saturated carbocycles. The number of carbonyl (C=O) groups is 1. The third-order valence-electron chi connectivity index (χ3n) is 5.40. The highest BCUT2D eigenvalue weighted by molar-refractivity contribution is 5.84. The summed E-state index contributed by atoms with van der Waals surface area (Å²) in [4.78, 5) is 39.8. The molecule has 164 valence electrons. The summed E-state index contributed by atoms with van der Waals surface area (Å²) in [6.07, 6.45) is 1.19. The molecule has 1 amide bonds. The first-order valence-corrected chi connectivity index (χ1v) is 10.7. The van der Waals surface area contributed by atoms with Gasteiger partial charge in [0.1, 0.15) is 11.8 Å². The van der Waals surface area contributed by atoms with Gasteiger partial charge in [-0.05, 0) is 63.1 Å². The molecule has 2 aromatic carbocycles. The zero-order valence-electron chi connectivity index (χ0n) is 18.4. The summed E-state index contributed by atoms with van der Waals surface area (Å²) < 4.78 is 8.02. The van der Waals surface area contributed by atoms with Crippen LogP contribution in [0.25, 0.3) is 16.6 Å². The van der Waals surface area contributed by atoms with Crippen molar-refractivity contribution in [2.45, 2.75) is 52.6 Å². The van der Waals surface area contributed by atoms with Gasteiger partial charge in [-0.25, -0.2) is 9.36 Å². The zero-order valence-corrected chi connectivity index (χ0v) is 18.4. The Balaban J connectivity index is 2.25. The zero-order chi connectivity index (χ0) is 22.5. The minimum Gasteiger partial charge on any atom is -0.494 e. The van der Waals surface area contributed by atoms with E-state index in [1.165, 1.54) is 4.57 Å². The van der Waals surface area contributed by atoms with Gasteiger partial charge in [0.05, 0.1) is 23.2 Å². The summed E-state index contributed by atoms with van der Waals surface area (Å²) in [5.74, 6) is 0.417. The second-order valence-corrected chi connectivity index (χ2v) is 7.48. The maximum atomic E-state index is 13.6. The molecular formula is C24H29N3O4. The third-order valence-corrected chi connectivity index (χ3v) is 5.40. The Labute approximate surface area is 181 Å². The molecule has 3 aromatic rings. The number of nitrogens with zero attached hydrogens (tertiary/aromatic N) is 2. The Hall–Kier alpha value is -3.35. The Morgan fingerprint density at radius 2 is 1.68 bits per heavy atom. The number of amides is 1. The van der Waals surface area contributed by atoms with Crippen molar-refractivity contribution >= 4 is 16.8 Å². The van der Waals surface area contributed by atoms with Crippen molar-refractivity contribution in [3.05, 3.63) is 69.4 Å². The Kier molecular flexibility index (Phi) is 6.95. The molecule has 31 heavy (non-hydrogen) atoms. The van der Waals surface area contributed by atoms with Crippen LogP contribution >= 0.6 is 0 Å². The molecule has 0 fully saturated rings. The van der Waals surface area contributed by atoms with E-state index in [9.17, 15) is 14.4 Å². The molecule has 3 rings (SSSR count). The number of benzene rings is 2. The van der Waals surface area contributed by atoms with Crippen LogP contribution in [-0.4, -0.2) is 27.7 Å². The van der Waals surface area contributed by atoms with E-state index in [1.54, 1.807) is 48.5 Å². The van der Waals surface area contributed by atoms with Gasteiger partial charge >= 0.3 is 5.69 Å². The van der Waals surface area contributed by atoms with Gasteiger partial charge in [-0.15, -0.1) is 0 Å². The van der Waals surface area contributed by atoms with Gasteiger partial charge < -0.3 is 10.1 Å². The highest BCUT2D eigenvalue weighted by Crippen LogP contribution is 2.19. The molecule has 2 atom stereocenters. The first-order chi connectivity index (χ1) is 14.9. The molecule has 0 radical (unpaired) electrons. The molecule has 0 aliphatic rings. The number of rotatable bonds is 8. The average Bonchev–Trinajstić information content (AvgIpc) is 2.77. The Morgan fingerprint density at radius 3 is 2.29 bits per heavy atom. The van der Waals surface area contributed by atoms with Gasteiger partial charge in [-0.1, -0.05) is 26.0 Å². The summed E-state index contributed by atoms with van der Waals surface area (Å²) in [6.45, 7) is 8.17. The second-order valence-electron chi connectivity index (χ2n) is 7.48. The van der Waals surface area contributed by atoms with Crippen molar-refractivity contribution in [3.63, 3.8) is 0 Å². The maximum absolute atomic E-state index is 13.6.